The molecule has 1 aliphatic carbocycles. The molecule has 3 aromatic rings. The Morgan fingerprint density at radius 2 is 1.90 bits per heavy atom. The van der Waals surface area contributed by atoms with Crippen LogP contribution in [0.4, 0.5) is 14.5 Å². The molecular weight excluding hydrogens is 392 g/mol. The van der Waals surface area contributed by atoms with Gasteiger partial charge in [0.25, 0.3) is 5.91 Å². The monoisotopic (exact) mass is 413 g/mol. The third-order valence-corrected chi connectivity index (χ3v) is 4.96. The highest BCUT2D eigenvalue weighted by atomic mass is 19.2. The number of carbonyl (C=O) groups is 1. The number of fused-ring (bicyclic) bond motifs is 1. The highest BCUT2D eigenvalue weighted by Gasteiger charge is 2.27. The molecule has 1 amide bonds. The normalized spacial score (nSPS) is 12.6. The molecule has 0 fully saturated rings. The van der Waals surface area contributed by atoms with Crippen molar-refractivity contribution in [3.05, 3.63) is 71.1 Å². The van der Waals surface area contributed by atoms with Crippen LogP contribution in [0, 0.1) is 11.6 Å². The van der Waals surface area contributed by atoms with Gasteiger partial charge < -0.3 is 14.8 Å². The highest BCUT2D eigenvalue weighted by Crippen LogP contribution is 2.29. The van der Waals surface area contributed by atoms with E-state index >= 15 is 0 Å². The lowest BCUT2D eigenvalue weighted by molar-refractivity contribution is 0.102. The third-order valence-electron chi connectivity index (χ3n) is 4.96. The quantitative estimate of drug-likeness (QED) is 0.597. The summed E-state index contributed by atoms with van der Waals surface area (Å²) < 4.78 is 39.0. The number of ether oxygens (including phenoxy) is 2. The lowest BCUT2D eigenvalue weighted by Crippen LogP contribution is -2.15. The first kappa shape index (κ1) is 20.0. The number of hydrogen-bond donors (Lipinski definition) is 1. The minimum absolute atomic E-state index is 0.299. The van der Waals surface area contributed by atoms with Gasteiger partial charge in [0.1, 0.15) is 12.4 Å². The standard InChI is InChI=1S/C22H21F2N3O3/c1-29-11-12-30-16-8-5-14(6-9-16)25-22(28)21-17-3-2-4-20(17)27(26-21)15-7-10-18(23)19(24)13-15/h5-10,13H,2-4,11-12H2,1H3,(H,25,28). The second kappa shape index (κ2) is 8.62. The summed E-state index contributed by atoms with van der Waals surface area (Å²) in [6.07, 6.45) is 2.32. The zero-order chi connectivity index (χ0) is 21.1. The molecule has 0 spiro atoms. The van der Waals surface area contributed by atoms with Crippen molar-refractivity contribution in [1.29, 1.82) is 0 Å². The van der Waals surface area contributed by atoms with Gasteiger partial charge in [-0.15, -0.1) is 0 Å². The number of carbonyl (C=O) groups excluding carboxylic acids is 1. The largest absolute Gasteiger partial charge is 0.491 e. The van der Waals surface area contributed by atoms with Gasteiger partial charge in [0.15, 0.2) is 17.3 Å². The number of methoxy groups -OCH3 is 1. The Hall–Kier alpha value is -3.26. The van der Waals surface area contributed by atoms with Crippen LogP contribution in [0.3, 0.4) is 0 Å². The molecule has 8 heteroatoms. The molecule has 0 unspecified atom stereocenters. The highest BCUT2D eigenvalue weighted by molar-refractivity contribution is 6.04. The SMILES string of the molecule is COCCOc1ccc(NC(=O)c2nn(-c3ccc(F)c(F)c3)c3c2CCC3)cc1. The smallest absolute Gasteiger partial charge is 0.276 e. The van der Waals surface area contributed by atoms with Crippen molar-refractivity contribution in [1.82, 2.24) is 9.78 Å². The van der Waals surface area contributed by atoms with E-state index < -0.39 is 11.6 Å². The number of nitrogens with one attached hydrogen (secondary N) is 1. The van der Waals surface area contributed by atoms with E-state index in [-0.39, 0.29) is 5.91 Å². The molecule has 2 aromatic carbocycles. The molecule has 6 nitrogen and oxygen atoms in total. The van der Waals surface area contributed by atoms with Crippen LogP contribution in [0.2, 0.25) is 0 Å². The molecule has 0 aliphatic heterocycles. The Morgan fingerprint density at radius 3 is 2.63 bits per heavy atom. The predicted molar refractivity (Wildman–Crippen MR) is 107 cm³/mol. The van der Waals surface area contributed by atoms with Crippen molar-refractivity contribution < 1.29 is 23.0 Å². The Labute approximate surface area is 172 Å². The molecule has 4 rings (SSSR count). The fraction of sp³-hybridized carbons (Fsp3) is 0.273. The maximum Gasteiger partial charge on any atom is 0.276 e. The number of amides is 1. The average molecular weight is 413 g/mol. The lowest BCUT2D eigenvalue weighted by atomic mass is 10.2. The van der Waals surface area contributed by atoms with Crippen LogP contribution >= 0.6 is 0 Å². The van der Waals surface area contributed by atoms with Crippen LogP contribution in [0.25, 0.3) is 5.69 Å². The van der Waals surface area contributed by atoms with Gasteiger partial charge >= 0.3 is 0 Å². The van der Waals surface area contributed by atoms with Gasteiger partial charge in [-0.3, -0.25) is 4.79 Å². The summed E-state index contributed by atoms with van der Waals surface area (Å²) >= 11 is 0. The van der Waals surface area contributed by atoms with Crippen LogP contribution in [0.5, 0.6) is 5.75 Å². The predicted octanol–water partition coefficient (Wildman–Crippen LogP) is 3.92. The molecule has 30 heavy (non-hydrogen) atoms. The summed E-state index contributed by atoms with van der Waals surface area (Å²) in [5, 5.41) is 7.25. The molecule has 1 aliphatic rings. The molecule has 0 bridgehead atoms. The fourth-order valence-electron chi connectivity index (χ4n) is 3.52. The van der Waals surface area contributed by atoms with Gasteiger partial charge in [-0.2, -0.15) is 5.10 Å². The van der Waals surface area contributed by atoms with Crippen LogP contribution < -0.4 is 10.1 Å². The van der Waals surface area contributed by atoms with Crippen molar-refractivity contribution in [2.24, 2.45) is 0 Å². The first-order valence-corrected chi connectivity index (χ1v) is 9.66. The second-order valence-corrected chi connectivity index (χ2v) is 6.96. The Balaban J connectivity index is 1.54. The van der Waals surface area contributed by atoms with E-state index in [1.54, 1.807) is 31.4 Å². The number of nitrogens with zero attached hydrogens (tertiary/aromatic N) is 2. The summed E-state index contributed by atoms with van der Waals surface area (Å²) in [6.45, 7) is 0.931. The summed E-state index contributed by atoms with van der Waals surface area (Å²) in [5.41, 5.74) is 2.99. The number of benzene rings is 2. The van der Waals surface area contributed by atoms with Crippen molar-refractivity contribution in [2.45, 2.75) is 19.3 Å². The average Bonchev–Trinajstić information content (AvgIpc) is 3.34. The van der Waals surface area contributed by atoms with Gasteiger partial charge in [0.2, 0.25) is 0 Å². The number of rotatable bonds is 7. The number of halogens is 2. The van der Waals surface area contributed by atoms with Gasteiger partial charge in [-0.25, -0.2) is 13.5 Å². The molecule has 1 N–H and O–H groups in total. The number of hydrogen-bond acceptors (Lipinski definition) is 4. The fourth-order valence-corrected chi connectivity index (χ4v) is 3.52. The van der Waals surface area contributed by atoms with Crippen LogP contribution in [-0.2, 0) is 17.6 Å². The van der Waals surface area contributed by atoms with E-state index in [1.165, 1.54) is 10.7 Å². The zero-order valence-corrected chi connectivity index (χ0v) is 16.5. The second-order valence-electron chi connectivity index (χ2n) is 6.96. The van der Waals surface area contributed by atoms with Gasteiger partial charge in [0.05, 0.1) is 12.3 Å². The molecule has 0 saturated heterocycles. The van der Waals surface area contributed by atoms with E-state index in [0.29, 0.717) is 42.5 Å². The number of aromatic nitrogens is 2. The summed E-state index contributed by atoms with van der Waals surface area (Å²) in [4.78, 5) is 12.9. The third kappa shape index (κ3) is 4.04. The van der Waals surface area contributed by atoms with Gasteiger partial charge in [-0.05, 0) is 55.7 Å². The molecule has 1 heterocycles. The van der Waals surface area contributed by atoms with Gasteiger partial charge in [-0.1, -0.05) is 0 Å². The van der Waals surface area contributed by atoms with Crippen molar-refractivity contribution in [2.75, 3.05) is 25.6 Å². The van der Waals surface area contributed by atoms with E-state index in [0.717, 1.165) is 36.2 Å². The first-order valence-electron chi connectivity index (χ1n) is 9.66. The number of anilines is 1. The van der Waals surface area contributed by atoms with E-state index in [9.17, 15) is 13.6 Å². The van der Waals surface area contributed by atoms with Crippen molar-refractivity contribution in [3.8, 4) is 11.4 Å². The molecule has 156 valence electrons. The van der Waals surface area contributed by atoms with Crippen molar-refractivity contribution >= 4 is 11.6 Å². The van der Waals surface area contributed by atoms with Gasteiger partial charge in [0, 0.05) is 30.1 Å². The molecule has 1 aromatic heterocycles. The Kier molecular flexibility index (Phi) is 5.76. The van der Waals surface area contributed by atoms with E-state index in [1.807, 2.05) is 0 Å². The van der Waals surface area contributed by atoms with Crippen LogP contribution in [-0.4, -0.2) is 36.0 Å². The topological polar surface area (TPSA) is 65.4 Å². The molecule has 0 radical (unpaired) electrons. The minimum Gasteiger partial charge on any atom is -0.491 e. The Bertz CT molecular complexity index is 1060. The zero-order valence-electron chi connectivity index (χ0n) is 16.5. The maximum absolute atomic E-state index is 13.7. The van der Waals surface area contributed by atoms with Crippen molar-refractivity contribution in [3.63, 3.8) is 0 Å². The molecular formula is C22H21F2N3O3. The van der Waals surface area contributed by atoms with E-state index in [4.69, 9.17) is 9.47 Å². The molecule has 0 saturated carbocycles. The maximum atomic E-state index is 13.7. The Morgan fingerprint density at radius 1 is 1.10 bits per heavy atom. The van der Waals surface area contributed by atoms with Crippen LogP contribution in [0.15, 0.2) is 42.5 Å². The summed E-state index contributed by atoms with van der Waals surface area (Å²) in [5.74, 6) is -1.54. The summed E-state index contributed by atoms with van der Waals surface area (Å²) in [7, 11) is 1.60. The summed E-state index contributed by atoms with van der Waals surface area (Å²) in [6, 6.07) is 10.6. The first-order chi connectivity index (χ1) is 14.6. The van der Waals surface area contributed by atoms with E-state index in [2.05, 4.69) is 10.4 Å². The molecule has 0 atom stereocenters. The van der Waals surface area contributed by atoms with Crippen LogP contribution in [0.1, 0.15) is 28.2 Å². The minimum atomic E-state index is -0.950. The lowest BCUT2D eigenvalue weighted by Gasteiger charge is -2.08.